The SMILES string of the molecule is N#Cc1ccc(Cl)c(NCc2cccc(C3CC3)c2)c1. The third-order valence-electron chi connectivity index (χ3n) is 3.58. The normalized spacial score (nSPS) is 13.8. The lowest BCUT2D eigenvalue weighted by Gasteiger charge is -2.10. The van der Waals surface area contributed by atoms with E-state index in [0.29, 0.717) is 10.6 Å². The highest BCUT2D eigenvalue weighted by Gasteiger charge is 2.23. The predicted molar refractivity (Wildman–Crippen MR) is 81.9 cm³/mol. The molecule has 2 aromatic rings. The van der Waals surface area contributed by atoms with Gasteiger partial charge in [-0.15, -0.1) is 0 Å². The fourth-order valence-corrected chi connectivity index (χ4v) is 2.49. The lowest BCUT2D eigenvalue weighted by molar-refractivity contribution is 1.08. The number of hydrogen-bond donors (Lipinski definition) is 1. The van der Waals surface area contributed by atoms with Crippen molar-refractivity contribution in [3.05, 3.63) is 64.2 Å². The highest BCUT2D eigenvalue weighted by Crippen LogP contribution is 2.40. The molecule has 1 saturated carbocycles. The lowest BCUT2D eigenvalue weighted by atomic mass is 10.1. The van der Waals surface area contributed by atoms with Crippen molar-refractivity contribution in [3.8, 4) is 6.07 Å². The summed E-state index contributed by atoms with van der Waals surface area (Å²) in [6.07, 6.45) is 2.62. The molecule has 0 unspecified atom stereocenters. The molecule has 0 saturated heterocycles. The summed E-state index contributed by atoms with van der Waals surface area (Å²) in [4.78, 5) is 0. The molecule has 0 bridgehead atoms. The van der Waals surface area contributed by atoms with Gasteiger partial charge in [-0.1, -0.05) is 35.9 Å². The quantitative estimate of drug-likeness (QED) is 0.882. The van der Waals surface area contributed by atoms with Crippen LogP contribution in [-0.2, 0) is 6.54 Å². The Morgan fingerprint density at radius 2 is 2.05 bits per heavy atom. The molecular weight excluding hydrogens is 268 g/mol. The van der Waals surface area contributed by atoms with Gasteiger partial charge in [-0.2, -0.15) is 5.26 Å². The maximum absolute atomic E-state index is 8.92. The predicted octanol–water partition coefficient (Wildman–Crippen LogP) is 4.70. The van der Waals surface area contributed by atoms with E-state index in [1.54, 1.807) is 18.2 Å². The number of rotatable bonds is 4. The first-order valence-corrected chi connectivity index (χ1v) is 7.16. The zero-order chi connectivity index (χ0) is 13.9. The summed E-state index contributed by atoms with van der Waals surface area (Å²) in [6, 6.07) is 16.1. The van der Waals surface area contributed by atoms with Crippen molar-refractivity contribution in [3.63, 3.8) is 0 Å². The van der Waals surface area contributed by atoms with Crippen LogP contribution in [0.15, 0.2) is 42.5 Å². The van der Waals surface area contributed by atoms with E-state index in [1.807, 2.05) is 0 Å². The van der Waals surface area contributed by atoms with E-state index >= 15 is 0 Å². The van der Waals surface area contributed by atoms with E-state index in [0.717, 1.165) is 18.2 Å². The van der Waals surface area contributed by atoms with Gasteiger partial charge in [0.05, 0.1) is 22.3 Å². The molecule has 0 aliphatic heterocycles. The van der Waals surface area contributed by atoms with Crippen molar-refractivity contribution < 1.29 is 0 Å². The Bertz CT molecular complexity index is 669. The van der Waals surface area contributed by atoms with Crippen LogP contribution in [0.2, 0.25) is 5.02 Å². The van der Waals surface area contributed by atoms with E-state index in [2.05, 4.69) is 35.7 Å². The van der Waals surface area contributed by atoms with Crippen LogP contribution in [-0.4, -0.2) is 0 Å². The van der Waals surface area contributed by atoms with Gasteiger partial charge in [0.2, 0.25) is 0 Å². The molecule has 3 heteroatoms. The third kappa shape index (κ3) is 2.95. The van der Waals surface area contributed by atoms with Gasteiger partial charge in [0.1, 0.15) is 0 Å². The Balaban J connectivity index is 1.73. The van der Waals surface area contributed by atoms with Gasteiger partial charge in [0.25, 0.3) is 0 Å². The second-order valence-corrected chi connectivity index (χ2v) is 5.59. The van der Waals surface area contributed by atoms with Crippen LogP contribution in [0.4, 0.5) is 5.69 Å². The Kier molecular flexibility index (Phi) is 3.62. The average molecular weight is 283 g/mol. The van der Waals surface area contributed by atoms with Crippen LogP contribution >= 0.6 is 11.6 Å². The first-order valence-electron chi connectivity index (χ1n) is 6.78. The molecule has 0 aromatic heterocycles. The van der Waals surface area contributed by atoms with Crippen molar-refractivity contribution in [2.45, 2.75) is 25.3 Å². The van der Waals surface area contributed by atoms with E-state index in [1.165, 1.54) is 24.0 Å². The van der Waals surface area contributed by atoms with E-state index < -0.39 is 0 Å². The number of anilines is 1. The molecule has 0 heterocycles. The molecular formula is C17H15ClN2. The minimum Gasteiger partial charge on any atom is -0.380 e. The summed E-state index contributed by atoms with van der Waals surface area (Å²) in [6.45, 7) is 0.717. The highest BCUT2D eigenvalue weighted by molar-refractivity contribution is 6.33. The number of hydrogen-bond acceptors (Lipinski definition) is 2. The third-order valence-corrected chi connectivity index (χ3v) is 3.91. The van der Waals surface area contributed by atoms with Gasteiger partial charge in [0, 0.05) is 6.54 Å². The average Bonchev–Trinajstić information content (AvgIpc) is 3.31. The summed E-state index contributed by atoms with van der Waals surface area (Å²) in [5.74, 6) is 0.764. The number of halogens is 1. The van der Waals surface area contributed by atoms with E-state index in [9.17, 15) is 0 Å². The van der Waals surface area contributed by atoms with Crippen molar-refractivity contribution in [2.75, 3.05) is 5.32 Å². The van der Waals surface area contributed by atoms with Gasteiger partial charge in [-0.05, 0) is 48.1 Å². The Morgan fingerprint density at radius 3 is 2.80 bits per heavy atom. The second-order valence-electron chi connectivity index (χ2n) is 5.18. The maximum atomic E-state index is 8.92. The summed E-state index contributed by atoms with van der Waals surface area (Å²) < 4.78 is 0. The molecule has 1 aliphatic rings. The topological polar surface area (TPSA) is 35.8 Å². The fraction of sp³-hybridized carbons (Fsp3) is 0.235. The minimum atomic E-state index is 0.614. The van der Waals surface area contributed by atoms with Crippen molar-refractivity contribution >= 4 is 17.3 Å². The molecule has 2 nitrogen and oxygen atoms in total. The van der Waals surface area contributed by atoms with E-state index in [-0.39, 0.29) is 0 Å². The molecule has 0 radical (unpaired) electrons. The summed E-state index contributed by atoms with van der Waals surface area (Å²) in [5.41, 5.74) is 4.10. The van der Waals surface area contributed by atoms with Crippen molar-refractivity contribution in [1.82, 2.24) is 0 Å². The first-order chi connectivity index (χ1) is 9.76. The lowest BCUT2D eigenvalue weighted by Crippen LogP contribution is -2.00. The zero-order valence-corrected chi connectivity index (χ0v) is 11.8. The molecule has 0 atom stereocenters. The molecule has 3 rings (SSSR count). The number of nitriles is 1. The van der Waals surface area contributed by atoms with Gasteiger partial charge >= 0.3 is 0 Å². The minimum absolute atomic E-state index is 0.614. The smallest absolute Gasteiger partial charge is 0.0992 e. The molecule has 0 amide bonds. The van der Waals surface area contributed by atoms with E-state index in [4.69, 9.17) is 16.9 Å². The van der Waals surface area contributed by atoms with Gasteiger partial charge in [0.15, 0.2) is 0 Å². The monoisotopic (exact) mass is 282 g/mol. The Hall–Kier alpha value is -1.98. The van der Waals surface area contributed by atoms with Crippen LogP contribution in [0.5, 0.6) is 0 Å². The van der Waals surface area contributed by atoms with Crippen LogP contribution in [0.1, 0.15) is 35.4 Å². The summed E-state index contributed by atoms with van der Waals surface area (Å²) in [5, 5.41) is 12.9. The van der Waals surface area contributed by atoms with Crippen LogP contribution < -0.4 is 5.32 Å². The summed E-state index contributed by atoms with van der Waals surface area (Å²) >= 11 is 6.14. The highest BCUT2D eigenvalue weighted by atomic mass is 35.5. The largest absolute Gasteiger partial charge is 0.380 e. The summed E-state index contributed by atoms with van der Waals surface area (Å²) in [7, 11) is 0. The molecule has 0 spiro atoms. The number of benzene rings is 2. The maximum Gasteiger partial charge on any atom is 0.0992 e. The second kappa shape index (κ2) is 5.56. The van der Waals surface area contributed by atoms with Crippen molar-refractivity contribution in [1.29, 1.82) is 5.26 Å². The van der Waals surface area contributed by atoms with Crippen LogP contribution in [0.25, 0.3) is 0 Å². The fourth-order valence-electron chi connectivity index (χ4n) is 2.30. The molecule has 20 heavy (non-hydrogen) atoms. The standard InChI is InChI=1S/C17H15ClN2/c18-16-7-4-12(10-19)9-17(16)20-11-13-2-1-3-15(8-13)14-5-6-14/h1-4,7-9,14,20H,5-6,11H2. The first kappa shape index (κ1) is 13.0. The van der Waals surface area contributed by atoms with Gasteiger partial charge in [-0.25, -0.2) is 0 Å². The molecule has 1 N–H and O–H groups in total. The molecule has 1 fully saturated rings. The van der Waals surface area contributed by atoms with Crippen LogP contribution in [0, 0.1) is 11.3 Å². The van der Waals surface area contributed by atoms with Gasteiger partial charge in [-0.3, -0.25) is 0 Å². The van der Waals surface area contributed by atoms with Crippen LogP contribution in [0.3, 0.4) is 0 Å². The molecule has 100 valence electrons. The van der Waals surface area contributed by atoms with Gasteiger partial charge < -0.3 is 5.32 Å². The van der Waals surface area contributed by atoms with Crippen molar-refractivity contribution in [2.24, 2.45) is 0 Å². The molecule has 2 aromatic carbocycles. The zero-order valence-electron chi connectivity index (χ0n) is 11.1. The number of nitrogens with one attached hydrogen (secondary N) is 1. The Labute approximate surface area is 124 Å². The molecule has 1 aliphatic carbocycles. The Morgan fingerprint density at radius 1 is 1.20 bits per heavy atom. The number of nitrogens with zero attached hydrogens (tertiary/aromatic N) is 1.